The fourth-order valence-electron chi connectivity index (χ4n) is 4.55. The number of ether oxygens (including phenoxy) is 3. The molecule has 0 radical (unpaired) electrons. The van der Waals surface area contributed by atoms with E-state index in [1.807, 2.05) is 43.3 Å². The molecule has 0 saturated carbocycles. The Morgan fingerprint density at radius 2 is 1.95 bits per heavy atom. The number of rotatable bonds is 11. The minimum Gasteiger partial charge on any atom is -0.488 e. The van der Waals surface area contributed by atoms with Crippen molar-refractivity contribution in [2.45, 2.75) is 45.3 Å². The summed E-state index contributed by atoms with van der Waals surface area (Å²) in [6, 6.07) is 16.5. The number of aromatic nitrogens is 4. The first kappa shape index (κ1) is 28.6. The van der Waals surface area contributed by atoms with Crippen LogP contribution in [0.5, 0.6) is 17.4 Å². The van der Waals surface area contributed by atoms with Crippen molar-refractivity contribution in [3.05, 3.63) is 73.2 Å². The lowest BCUT2D eigenvalue weighted by Gasteiger charge is -2.33. The number of carboxylic acid groups (broad SMARTS) is 1. The SMILES string of the molecule is CCOc1cccnc1OC1CCCN(c2cncc(Nc3cccc(-c4cccc(OC(C)(C)C(=O)O)c4)n3)n2)C1. The maximum atomic E-state index is 11.5. The van der Waals surface area contributed by atoms with Gasteiger partial charge in [0.2, 0.25) is 0 Å². The zero-order valence-electron chi connectivity index (χ0n) is 23.9. The van der Waals surface area contributed by atoms with Crippen LogP contribution in [0.3, 0.4) is 0 Å². The molecule has 5 rings (SSSR count). The summed E-state index contributed by atoms with van der Waals surface area (Å²) in [5, 5.41) is 12.7. The molecule has 4 heterocycles. The van der Waals surface area contributed by atoms with Gasteiger partial charge in [0, 0.05) is 18.3 Å². The number of hydrogen-bond donors (Lipinski definition) is 2. The Morgan fingerprint density at radius 1 is 1.10 bits per heavy atom. The minimum atomic E-state index is -1.36. The van der Waals surface area contributed by atoms with Gasteiger partial charge in [-0.3, -0.25) is 4.98 Å². The summed E-state index contributed by atoms with van der Waals surface area (Å²) in [6.45, 7) is 6.97. The van der Waals surface area contributed by atoms with Crippen molar-refractivity contribution < 1.29 is 24.1 Å². The zero-order valence-corrected chi connectivity index (χ0v) is 23.9. The highest BCUT2D eigenvalue weighted by atomic mass is 16.5. The number of aliphatic carboxylic acids is 1. The summed E-state index contributed by atoms with van der Waals surface area (Å²) in [6.07, 6.45) is 6.88. The van der Waals surface area contributed by atoms with E-state index in [2.05, 4.69) is 20.2 Å². The van der Waals surface area contributed by atoms with E-state index in [0.29, 0.717) is 47.9 Å². The molecular weight excluding hydrogens is 536 g/mol. The predicted molar refractivity (Wildman–Crippen MR) is 159 cm³/mol. The van der Waals surface area contributed by atoms with E-state index in [1.165, 1.54) is 13.8 Å². The molecule has 1 atom stereocenters. The monoisotopic (exact) mass is 570 g/mol. The summed E-state index contributed by atoms with van der Waals surface area (Å²) in [5.74, 6) is 2.43. The van der Waals surface area contributed by atoms with Crippen molar-refractivity contribution in [1.29, 1.82) is 0 Å². The first-order valence-electron chi connectivity index (χ1n) is 13.9. The molecule has 1 aliphatic heterocycles. The van der Waals surface area contributed by atoms with Gasteiger partial charge in [0.1, 0.15) is 23.5 Å². The second-order valence-electron chi connectivity index (χ2n) is 10.3. The molecule has 2 N–H and O–H groups in total. The van der Waals surface area contributed by atoms with Crippen LogP contribution in [-0.2, 0) is 4.79 Å². The molecule has 3 aromatic heterocycles. The third-order valence-corrected chi connectivity index (χ3v) is 6.66. The van der Waals surface area contributed by atoms with Gasteiger partial charge in [0.05, 0.1) is 31.2 Å². The molecule has 4 aromatic rings. The van der Waals surface area contributed by atoms with Crippen molar-refractivity contribution in [3.63, 3.8) is 0 Å². The lowest BCUT2D eigenvalue weighted by atomic mass is 10.1. The molecule has 218 valence electrons. The standard InChI is InChI=1S/C31H34N6O5/c1-4-40-25-13-7-15-33-29(25)41-23-11-8-16-37(20-23)28-19-32-18-27(36-28)35-26-14-6-12-24(34-26)21-9-5-10-22(17-21)42-31(2,3)30(38)39/h5-7,9-10,12-15,17-19,23H,4,8,11,16,20H2,1-3H3,(H,38,39)(H,34,35,36). The van der Waals surface area contributed by atoms with Gasteiger partial charge in [-0.2, -0.15) is 0 Å². The highest BCUT2D eigenvalue weighted by Gasteiger charge is 2.29. The molecule has 0 amide bonds. The lowest BCUT2D eigenvalue weighted by Crippen LogP contribution is -2.41. The van der Waals surface area contributed by atoms with Gasteiger partial charge in [-0.1, -0.05) is 18.2 Å². The van der Waals surface area contributed by atoms with Crippen LogP contribution in [0.1, 0.15) is 33.6 Å². The first-order chi connectivity index (χ1) is 20.3. The van der Waals surface area contributed by atoms with E-state index in [0.717, 1.165) is 30.8 Å². The van der Waals surface area contributed by atoms with Crippen LogP contribution in [0.4, 0.5) is 17.5 Å². The third kappa shape index (κ3) is 7.03. The van der Waals surface area contributed by atoms with Gasteiger partial charge >= 0.3 is 5.97 Å². The molecule has 1 fully saturated rings. The normalized spacial score (nSPS) is 15.1. The van der Waals surface area contributed by atoms with E-state index >= 15 is 0 Å². The first-order valence-corrected chi connectivity index (χ1v) is 13.9. The van der Waals surface area contributed by atoms with Crippen LogP contribution in [0.15, 0.2) is 73.2 Å². The molecule has 0 aliphatic carbocycles. The Bertz CT molecular complexity index is 1530. The highest BCUT2D eigenvalue weighted by Crippen LogP contribution is 2.29. The number of carboxylic acids is 1. The molecule has 0 spiro atoms. The predicted octanol–water partition coefficient (Wildman–Crippen LogP) is 5.37. The van der Waals surface area contributed by atoms with Gasteiger partial charge in [0.25, 0.3) is 5.88 Å². The number of anilines is 3. The molecule has 1 saturated heterocycles. The second kappa shape index (κ2) is 12.7. The quantitative estimate of drug-likeness (QED) is 0.241. The van der Waals surface area contributed by atoms with Crippen molar-refractivity contribution in [2.24, 2.45) is 0 Å². The Hall–Kier alpha value is -4.93. The molecule has 11 nitrogen and oxygen atoms in total. The van der Waals surface area contributed by atoms with Crippen LogP contribution in [0.2, 0.25) is 0 Å². The summed E-state index contributed by atoms with van der Waals surface area (Å²) < 4.78 is 17.6. The maximum absolute atomic E-state index is 11.5. The van der Waals surface area contributed by atoms with Crippen LogP contribution in [0, 0.1) is 0 Å². The Labute approximate surface area is 244 Å². The number of carbonyl (C=O) groups is 1. The number of nitrogens with one attached hydrogen (secondary N) is 1. The fraction of sp³-hybridized carbons (Fsp3) is 0.323. The smallest absolute Gasteiger partial charge is 0.347 e. The van der Waals surface area contributed by atoms with E-state index < -0.39 is 11.6 Å². The third-order valence-electron chi connectivity index (χ3n) is 6.66. The van der Waals surface area contributed by atoms with Gasteiger partial charge in [-0.25, -0.2) is 19.7 Å². The average Bonchev–Trinajstić information content (AvgIpc) is 2.99. The van der Waals surface area contributed by atoms with Crippen molar-refractivity contribution in [2.75, 3.05) is 29.9 Å². The summed E-state index contributed by atoms with van der Waals surface area (Å²) >= 11 is 0. The molecule has 1 aliphatic rings. The van der Waals surface area contributed by atoms with E-state index in [4.69, 9.17) is 24.2 Å². The molecule has 42 heavy (non-hydrogen) atoms. The lowest BCUT2D eigenvalue weighted by molar-refractivity contribution is -0.152. The van der Waals surface area contributed by atoms with Crippen molar-refractivity contribution in [1.82, 2.24) is 19.9 Å². The van der Waals surface area contributed by atoms with Gasteiger partial charge < -0.3 is 29.5 Å². The van der Waals surface area contributed by atoms with E-state index in [9.17, 15) is 9.90 Å². The maximum Gasteiger partial charge on any atom is 0.347 e. The Balaban J connectivity index is 1.27. The zero-order chi connectivity index (χ0) is 29.5. The van der Waals surface area contributed by atoms with Crippen LogP contribution in [-0.4, -0.2) is 62.4 Å². The Morgan fingerprint density at radius 3 is 2.79 bits per heavy atom. The molecule has 1 unspecified atom stereocenters. The number of benzene rings is 1. The van der Waals surface area contributed by atoms with E-state index in [1.54, 1.807) is 36.8 Å². The van der Waals surface area contributed by atoms with Gasteiger partial charge in [-0.05, 0) is 70.0 Å². The summed E-state index contributed by atoms with van der Waals surface area (Å²) in [4.78, 5) is 31.9. The molecular formula is C31H34N6O5. The van der Waals surface area contributed by atoms with Crippen LogP contribution in [0.25, 0.3) is 11.3 Å². The van der Waals surface area contributed by atoms with E-state index in [-0.39, 0.29) is 6.10 Å². The van der Waals surface area contributed by atoms with Crippen LogP contribution < -0.4 is 24.4 Å². The molecule has 0 bridgehead atoms. The number of pyridine rings is 2. The van der Waals surface area contributed by atoms with Gasteiger partial charge in [0.15, 0.2) is 17.2 Å². The Kier molecular flexibility index (Phi) is 8.66. The summed E-state index contributed by atoms with van der Waals surface area (Å²) in [7, 11) is 0. The van der Waals surface area contributed by atoms with Crippen molar-refractivity contribution in [3.8, 4) is 28.6 Å². The second-order valence-corrected chi connectivity index (χ2v) is 10.3. The van der Waals surface area contributed by atoms with Crippen molar-refractivity contribution >= 4 is 23.4 Å². The number of nitrogens with zero attached hydrogens (tertiary/aromatic N) is 5. The summed E-state index contributed by atoms with van der Waals surface area (Å²) in [5.41, 5.74) is 0.126. The number of hydrogen-bond acceptors (Lipinski definition) is 10. The highest BCUT2D eigenvalue weighted by molar-refractivity contribution is 5.77. The van der Waals surface area contributed by atoms with Crippen LogP contribution >= 0.6 is 0 Å². The topological polar surface area (TPSA) is 132 Å². The fourth-order valence-corrected chi connectivity index (χ4v) is 4.55. The average molecular weight is 571 g/mol. The largest absolute Gasteiger partial charge is 0.488 e. The van der Waals surface area contributed by atoms with Gasteiger partial charge in [-0.15, -0.1) is 0 Å². The molecule has 11 heteroatoms. The molecule has 1 aromatic carbocycles. The number of piperidine rings is 1. The minimum absolute atomic E-state index is 0.0644.